The number of rotatable bonds is 6. The number of carbonyl (C=O) groups is 1. The Balaban J connectivity index is 1.65. The van der Waals surface area contributed by atoms with Gasteiger partial charge in [-0.1, -0.05) is 11.6 Å². The Morgan fingerprint density at radius 2 is 1.94 bits per heavy atom. The third kappa shape index (κ3) is 5.17. The predicted octanol–water partition coefficient (Wildman–Crippen LogP) is 3.24. The molecule has 2 N–H and O–H groups in total. The van der Waals surface area contributed by atoms with Crippen molar-refractivity contribution in [2.24, 2.45) is 0 Å². The first kappa shape index (κ1) is 23.6. The summed E-state index contributed by atoms with van der Waals surface area (Å²) in [5, 5.41) is 3.34. The molecule has 0 saturated carbocycles. The summed E-state index contributed by atoms with van der Waals surface area (Å²) in [4.78, 5) is 45.3. The molecule has 0 atom stereocenters. The highest BCUT2D eigenvalue weighted by atomic mass is 35.5. The normalized spacial score (nSPS) is 11.1. The number of esters is 1. The fourth-order valence-corrected chi connectivity index (χ4v) is 3.15. The molecule has 0 spiro atoms. The van der Waals surface area contributed by atoms with Gasteiger partial charge in [-0.3, -0.25) is 14.3 Å². The molecule has 0 aliphatic carbocycles. The van der Waals surface area contributed by atoms with Crippen LogP contribution in [0.3, 0.4) is 0 Å². The average molecular weight is 502 g/mol. The molecule has 0 saturated heterocycles. The number of ether oxygens (including phenoxy) is 2. The quantitative estimate of drug-likeness (QED) is 0.234. The van der Waals surface area contributed by atoms with Crippen LogP contribution < -0.4 is 26.0 Å². The van der Waals surface area contributed by atoms with Gasteiger partial charge in [0.25, 0.3) is 5.56 Å². The number of nitrogens with zero attached hydrogens (tertiary/aromatic N) is 3. The van der Waals surface area contributed by atoms with Gasteiger partial charge in [0.1, 0.15) is 18.0 Å². The Labute approximate surface area is 199 Å². The van der Waals surface area contributed by atoms with E-state index in [-0.39, 0.29) is 16.5 Å². The van der Waals surface area contributed by atoms with E-state index in [2.05, 4.69) is 15.3 Å². The average Bonchev–Trinajstić information content (AvgIpc) is 2.83. The number of aromatic nitrogens is 4. The number of benzene rings is 2. The highest BCUT2D eigenvalue weighted by Crippen LogP contribution is 2.35. The minimum Gasteiger partial charge on any atom is -0.493 e. The second kappa shape index (κ2) is 9.73. The lowest BCUT2D eigenvalue weighted by atomic mass is 10.2. The molecule has 13 heteroatoms. The van der Waals surface area contributed by atoms with Crippen LogP contribution in [-0.4, -0.2) is 32.6 Å². The van der Waals surface area contributed by atoms with E-state index in [9.17, 15) is 23.2 Å². The first-order chi connectivity index (χ1) is 16.7. The Bertz CT molecular complexity index is 1600. The molecule has 2 heterocycles. The van der Waals surface area contributed by atoms with Crippen LogP contribution in [0.4, 0.5) is 20.3 Å². The molecular weight excluding hydrogens is 488 g/mol. The van der Waals surface area contributed by atoms with Crippen LogP contribution in [0.2, 0.25) is 5.02 Å². The van der Waals surface area contributed by atoms with Gasteiger partial charge in [-0.25, -0.2) is 23.9 Å². The second-order valence-electron chi connectivity index (χ2n) is 6.88. The lowest BCUT2D eigenvalue weighted by molar-refractivity contribution is -0.129. The summed E-state index contributed by atoms with van der Waals surface area (Å²) in [5.74, 6) is -2.25. The molecule has 0 bridgehead atoms. The van der Waals surface area contributed by atoms with Crippen LogP contribution >= 0.6 is 11.6 Å². The number of fused-ring (bicyclic) bond motifs is 1. The van der Waals surface area contributed by atoms with Crippen molar-refractivity contribution in [2.45, 2.75) is 0 Å². The Hall–Kier alpha value is -4.58. The molecular formula is C22H14ClF2N5O5. The number of carbonyl (C=O) groups excluding carboxylic acids is 1. The van der Waals surface area contributed by atoms with E-state index in [1.54, 1.807) is 4.98 Å². The highest BCUT2D eigenvalue weighted by Gasteiger charge is 2.14. The van der Waals surface area contributed by atoms with E-state index >= 15 is 0 Å². The molecule has 0 radical (unpaired) electrons. The third-order valence-corrected chi connectivity index (χ3v) is 4.90. The molecule has 4 aromatic rings. The molecule has 4 rings (SSSR count). The summed E-state index contributed by atoms with van der Waals surface area (Å²) in [6.07, 6.45) is 3.69. The van der Waals surface area contributed by atoms with Gasteiger partial charge < -0.3 is 14.8 Å². The summed E-state index contributed by atoms with van der Waals surface area (Å²) < 4.78 is 38.1. The van der Waals surface area contributed by atoms with Gasteiger partial charge >= 0.3 is 11.7 Å². The van der Waals surface area contributed by atoms with Gasteiger partial charge in [0.2, 0.25) is 5.82 Å². The highest BCUT2D eigenvalue weighted by molar-refractivity contribution is 6.31. The van der Waals surface area contributed by atoms with E-state index in [0.717, 1.165) is 12.3 Å². The molecule has 2 aromatic heterocycles. The first-order valence-electron chi connectivity index (χ1n) is 9.71. The van der Waals surface area contributed by atoms with Crippen LogP contribution in [0.5, 0.6) is 11.5 Å². The zero-order chi connectivity index (χ0) is 25.1. The number of nitrogens with one attached hydrogen (secondary N) is 2. The van der Waals surface area contributed by atoms with Crippen LogP contribution in [0, 0.1) is 11.6 Å². The fourth-order valence-electron chi connectivity index (χ4n) is 2.97. The summed E-state index contributed by atoms with van der Waals surface area (Å²) in [6, 6.07) is 6.98. The largest absolute Gasteiger partial charge is 0.493 e. The molecule has 178 valence electrons. The van der Waals surface area contributed by atoms with E-state index < -0.39 is 28.9 Å². The van der Waals surface area contributed by atoms with Crippen molar-refractivity contribution in [3.8, 4) is 11.5 Å². The van der Waals surface area contributed by atoms with Crippen LogP contribution in [0.1, 0.15) is 0 Å². The Morgan fingerprint density at radius 3 is 2.69 bits per heavy atom. The lowest BCUT2D eigenvalue weighted by Crippen LogP contribution is -2.29. The van der Waals surface area contributed by atoms with Gasteiger partial charge in [0, 0.05) is 29.4 Å². The summed E-state index contributed by atoms with van der Waals surface area (Å²) in [5.41, 5.74) is -1.24. The standard InChI is InChI=1S/C22H14ClF2N5O5/c1-34-17-8-16-12(20(27-10-26-16)28-11-2-3-14(24)13(23)6-11)7-18(17)35-19(31)4-5-30-9-15(25)21(32)29-22(30)33/h2-10H,1H3,(H,26,27,28)(H,29,32,33)/b5-4+. The number of anilines is 2. The Morgan fingerprint density at radius 1 is 1.14 bits per heavy atom. The van der Waals surface area contributed by atoms with Crippen molar-refractivity contribution in [3.05, 3.63) is 86.4 Å². The van der Waals surface area contributed by atoms with E-state index in [4.69, 9.17) is 21.1 Å². The topological polar surface area (TPSA) is 128 Å². The van der Waals surface area contributed by atoms with Crippen molar-refractivity contribution in [2.75, 3.05) is 12.4 Å². The maximum Gasteiger partial charge on any atom is 0.337 e. The number of halogens is 3. The number of H-pyrrole nitrogens is 1. The monoisotopic (exact) mass is 501 g/mol. The zero-order valence-corrected chi connectivity index (χ0v) is 18.5. The first-order valence-corrected chi connectivity index (χ1v) is 10.1. The number of hydrogen-bond acceptors (Lipinski definition) is 8. The van der Waals surface area contributed by atoms with Gasteiger partial charge in [0.05, 0.1) is 23.8 Å². The van der Waals surface area contributed by atoms with Gasteiger partial charge in [0.15, 0.2) is 11.5 Å². The summed E-state index contributed by atoms with van der Waals surface area (Å²) >= 11 is 5.83. The maximum atomic E-state index is 13.5. The molecule has 2 aromatic carbocycles. The van der Waals surface area contributed by atoms with Crippen molar-refractivity contribution < 1.29 is 23.0 Å². The number of hydrogen-bond donors (Lipinski definition) is 2. The van der Waals surface area contributed by atoms with Crippen molar-refractivity contribution >= 4 is 46.2 Å². The molecule has 0 unspecified atom stereocenters. The minimum atomic E-state index is -1.21. The van der Waals surface area contributed by atoms with Crippen LogP contribution in [0.25, 0.3) is 17.1 Å². The molecule has 0 aliphatic heterocycles. The smallest absolute Gasteiger partial charge is 0.337 e. The SMILES string of the molecule is COc1cc2ncnc(Nc3ccc(F)c(Cl)c3)c2cc1OC(=O)/C=C/n1cc(F)c(=O)[nH]c1=O. The van der Waals surface area contributed by atoms with E-state index in [1.165, 1.54) is 43.8 Å². The van der Waals surface area contributed by atoms with Crippen molar-refractivity contribution in [3.63, 3.8) is 0 Å². The van der Waals surface area contributed by atoms with Crippen molar-refractivity contribution in [1.29, 1.82) is 0 Å². The van der Waals surface area contributed by atoms with Crippen LogP contribution in [-0.2, 0) is 4.79 Å². The van der Waals surface area contributed by atoms with Gasteiger partial charge in [-0.05, 0) is 24.3 Å². The van der Waals surface area contributed by atoms with E-state index in [1.807, 2.05) is 0 Å². The van der Waals surface area contributed by atoms with Gasteiger partial charge in [-0.2, -0.15) is 4.39 Å². The molecule has 0 fully saturated rings. The maximum absolute atomic E-state index is 13.5. The number of aromatic amines is 1. The molecule has 10 nitrogen and oxygen atoms in total. The minimum absolute atomic E-state index is 0.00960. The molecule has 0 aliphatic rings. The lowest BCUT2D eigenvalue weighted by Gasteiger charge is -2.12. The van der Waals surface area contributed by atoms with Gasteiger partial charge in [-0.15, -0.1) is 0 Å². The second-order valence-corrected chi connectivity index (χ2v) is 7.28. The summed E-state index contributed by atoms with van der Waals surface area (Å²) in [6.45, 7) is 0. The predicted molar refractivity (Wildman–Crippen MR) is 123 cm³/mol. The Kier molecular flexibility index (Phi) is 6.55. The van der Waals surface area contributed by atoms with Crippen LogP contribution in [0.15, 0.2) is 58.5 Å². The van der Waals surface area contributed by atoms with E-state index in [0.29, 0.717) is 33.2 Å². The molecule has 35 heavy (non-hydrogen) atoms. The fraction of sp³-hybridized carbons (Fsp3) is 0.0455. The van der Waals surface area contributed by atoms with Crippen molar-refractivity contribution in [1.82, 2.24) is 19.5 Å². The summed E-state index contributed by atoms with van der Waals surface area (Å²) in [7, 11) is 1.36. The number of methoxy groups -OCH3 is 1. The third-order valence-electron chi connectivity index (χ3n) is 4.61. The zero-order valence-electron chi connectivity index (χ0n) is 17.7. The molecule has 0 amide bonds.